The second-order valence-electron chi connectivity index (χ2n) is 7.55. The summed E-state index contributed by atoms with van der Waals surface area (Å²) in [5.41, 5.74) is 7.65. The molecular weight excluding hydrogens is 410 g/mol. The molecule has 10 heteroatoms. The van der Waals surface area contributed by atoms with Gasteiger partial charge in [0, 0.05) is 0 Å². The SMILES string of the molecule is CCc1cc(CN=C(NC(=O)OC(C)(C)C)NC(=O)c2cnoc2C)cc(Cl)c1N. The molecule has 0 unspecified atom stereocenters. The molecule has 0 spiro atoms. The Balaban J connectivity index is 2.25. The molecule has 0 saturated carbocycles. The van der Waals surface area contributed by atoms with Crippen LogP contribution in [0.4, 0.5) is 10.5 Å². The third-order valence-electron chi connectivity index (χ3n) is 3.92. The zero-order valence-corrected chi connectivity index (χ0v) is 18.4. The third kappa shape index (κ3) is 6.48. The first-order chi connectivity index (χ1) is 14.0. The Morgan fingerprint density at radius 3 is 2.57 bits per heavy atom. The van der Waals surface area contributed by atoms with Crippen LogP contribution < -0.4 is 16.4 Å². The number of ether oxygens (including phenoxy) is 1. The lowest BCUT2D eigenvalue weighted by molar-refractivity contribution is 0.0561. The first-order valence-electron chi connectivity index (χ1n) is 9.34. The molecule has 0 bridgehead atoms. The van der Waals surface area contributed by atoms with Crippen LogP contribution in [0.2, 0.25) is 5.02 Å². The van der Waals surface area contributed by atoms with Crippen molar-refractivity contribution in [2.24, 2.45) is 4.99 Å². The maximum absolute atomic E-state index is 12.5. The Morgan fingerprint density at radius 1 is 1.30 bits per heavy atom. The van der Waals surface area contributed by atoms with Crippen LogP contribution >= 0.6 is 11.6 Å². The lowest BCUT2D eigenvalue weighted by Gasteiger charge is -2.20. The van der Waals surface area contributed by atoms with Crippen LogP contribution in [0.1, 0.15) is 54.9 Å². The zero-order valence-electron chi connectivity index (χ0n) is 17.6. The number of alkyl carbamates (subject to hydrolysis) is 1. The van der Waals surface area contributed by atoms with E-state index in [0.29, 0.717) is 22.9 Å². The van der Waals surface area contributed by atoms with Crippen LogP contribution in [-0.4, -0.2) is 28.7 Å². The summed E-state index contributed by atoms with van der Waals surface area (Å²) >= 11 is 6.19. The molecule has 2 rings (SSSR count). The van der Waals surface area contributed by atoms with Crippen molar-refractivity contribution < 1.29 is 18.8 Å². The van der Waals surface area contributed by atoms with Gasteiger partial charge >= 0.3 is 6.09 Å². The average molecular weight is 436 g/mol. The minimum Gasteiger partial charge on any atom is -0.444 e. The van der Waals surface area contributed by atoms with Crippen LogP contribution in [0.15, 0.2) is 27.8 Å². The van der Waals surface area contributed by atoms with E-state index >= 15 is 0 Å². The number of carbonyl (C=O) groups is 2. The lowest BCUT2D eigenvalue weighted by Crippen LogP contribution is -2.45. The number of carbonyl (C=O) groups excluding carboxylic acids is 2. The van der Waals surface area contributed by atoms with Gasteiger partial charge in [-0.3, -0.25) is 15.4 Å². The van der Waals surface area contributed by atoms with E-state index in [2.05, 4.69) is 20.8 Å². The molecule has 0 aliphatic heterocycles. The monoisotopic (exact) mass is 435 g/mol. The number of aliphatic imine (C=N–C) groups is 1. The van der Waals surface area contributed by atoms with Gasteiger partial charge in [0.05, 0.1) is 23.5 Å². The van der Waals surface area contributed by atoms with Gasteiger partial charge in [-0.1, -0.05) is 29.7 Å². The minimum absolute atomic E-state index is 0.0826. The van der Waals surface area contributed by atoms with Crippen molar-refractivity contribution >= 4 is 35.2 Å². The predicted octanol–water partition coefficient (Wildman–Crippen LogP) is 3.59. The Bertz CT molecular complexity index is 963. The minimum atomic E-state index is -0.756. The van der Waals surface area contributed by atoms with Crippen molar-refractivity contribution in [3.8, 4) is 0 Å². The van der Waals surface area contributed by atoms with E-state index in [0.717, 1.165) is 11.1 Å². The number of hydrogen-bond donors (Lipinski definition) is 3. The summed E-state index contributed by atoms with van der Waals surface area (Å²) in [4.78, 5) is 29.0. The highest BCUT2D eigenvalue weighted by Crippen LogP contribution is 2.25. The summed E-state index contributed by atoms with van der Waals surface area (Å²) in [6, 6.07) is 3.57. The standard InChI is InChI=1S/C20H26ClN5O4/c1-6-13-7-12(8-15(21)16(13)22)9-23-18(26-19(28)29-20(3,4)5)25-17(27)14-10-24-30-11(14)2/h7-8,10H,6,9,22H2,1-5H3,(H2,23,25,26,27,28). The van der Waals surface area contributed by atoms with Crippen molar-refractivity contribution in [2.75, 3.05) is 5.73 Å². The molecule has 0 aliphatic rings. The number of nitrogens with two attached hydrogens (primary N) is 1. The number of halogens is 1. The fraction of sp³-hybridized carbons (Fsp3) is 0.400. The molecule has 2 amide bonds. The second-order valence-corrected chi connectivity index (χ2v) is 7.95. The van der Waals surface area contributed by atoms with E-state index in [1.54, 1.807) is 33.8 Å². The number of nitrogens with zero attached hydrogens (tertiary/aromatic N) is 2. The normalized spacial score (nSPS) is 11.9. The van der Waals surface area contributed by atoms with Gasteiger partial charge in [0.2, 0.25) is 5.96 Å². The smallest absolute Gasteiger partial charge is 0.414 e. The van der Waals surface area contributed by atoms with E-state index in [4.69, 9.17) is 26.6 Å². The molecule has 2 aromatic rings. The molecule has 0 fully saturated rings. The van der Waals surface area contributed by atoms with Crippen LogP contribution in [0.3, 0.4) is 0 Å². The topological polar surface area (TPSA) is 132 Å². The van der Waals surface area contributed by atoms with E-state index in [1.807, 2.05) is 13.0 Å². The van der Waals surface area contributed by atoms with Gasteiger partial charge in [-0.2, -0.15) is 0 Å². The Morgan fingerprint density at radius 2 is 2.00 bits per heavy atom. The number of benzene rings is 1. The molecule has 9 nitrogen and oxygen atoms in total. The Labute approximate surface area is 180 Å². The second kappa shape index (κ2) is 9.62. The van der Waals surface area contributed by atoms with Gasteiger partial charge in [-0.25, -0.2) is 9.79 Å². The van der Waals surface area contributed by atoms with Crippen LogP contribution in [0, 0.1) is 6.92 Å². The molecule has 1 heterocycles. The quantitative estimate of drug-likeness (QED) is 0.382. The van der Waals surface area contributed by atoms with E-state index in [1.165, 1.54) is 6.20 Å². The van der Waals surface area contributed by atoms with Gasteiger partial charge < -0.3 is 15.0 Å². The summed E-state index contributed by atoms with van der Waals surface area (Å²) in [5.74, 6) is -0.281. The number of amides is 2. The summed E-state index contributed by atoms with van der Waals surface area (Å²) in [6.45, 7) is 8.89. The van der Waals surface area contributed by atoms with Gasteiger partial charge in [-0.05, 0) is 51.3 Å². The molecule has 0 saturated heterocycles. The molecular formula is C20H26ClN5O4. The first-order valence-corrected chi connectivity index (χ1v) is 9.71. The van der Waals surface area contributed by atoms with Gasteiger partial charge in [0.1, 0.15) is 16.9 Å². The van der Waals surface area contributed by atoms with Crippen molar-refractivity contribution in [1.29, 1.82) is 0 Å². The number of aryl methyl sites for hydroxylation is 2. The molecule has 1 aromatic carbocycles. The first kappa shape index (κ1) is 23.2. The summed E-state index contributed by atoms with van der Waals surface area (Å²) in [6.07, 6.45) is 1.23. The molecule has 4 N–H and O–H groups in total. The van der Waals surface area contributed by atoms with E-state index in [9.17, 15) is 9.59 Å². The zero-order chi connectivity index (χ0) is 22.5. The van der Waals surface area contributed by atoms with Crippen LogP contribution in [0.5, 0.6) is 0 Å². The molecule has 162 valence electrons. The maximum Gasteiger partial charge on any atom is 0.414 e. The van der Waals surface area contributed by atoms with Crippen molar-refractivity contribution in [1.82, 2.24) is 15.8 Å². The van der Waals surface area contributed by atoms with E-state index < -0.39 is 17.6 Å². The predicted molar refractivity (Wildman–Crippen MR) is 114 cm³/mol. The van der Waals surface area contributed by atoms with Gasteiger partial charge in [0.25, 0.3) is 5.91 Å². The Hall–Kier alpha value is -3.07. The average Bonchev–Trinajstić information content (AvgIpc) is 3.06. The van der Waals surface area contributed by atoms with Crippen molar-refractivity contribution in [2.45, 2.75) is 53.2 Å². The molecule has 1 aromatic heterocycles. The van der Waals surface area contributed by atoms with E-state index in [-0.39, 0.29) is 18.1 Å². The highest BCUT2D eigenvalue weighted by molar-refractivity contribution is 6.33. The number of nitrogens with one attached hydrogen (secondary N) is 2. The highest BCUT2D eigenvalue weighted by atomic mass is 35.5. The van der Waals surface area contributed by atoms with Crippen molar-refractivity contribution in [3.05, 3.63) is 45.8 Å². The largest absolute Gasteiger partial charge is 0.444 e. The number of hydrogen-bond acceptors (Lipinski definition) is 7. The van der Waals surface area contributed by atoms with Crippen LogP contribution in [-0.2, 0) is 17.7 Å². The third-order valence-corrected chi connectivity index (χ3v) is 4.23. The number of rotatable bonds is 4. The number of guanidine groups is 1. The molecule has 0 atom stereocenters. The number of nitrogen functional groups attached to an aromatic ring is 1. The fourth-order valence-corrected chi connectivity index (χ4v) is 2.75. The Kier molecular flexibility index (Phi) is 7.44. The summed E-state index contributed by atoms with van der Waals surface area (Å²) in [5, 5.41) is 9.00. The maximum atomic E-state index is 12.5. The highest BCUT2D eigenvalue weighted by Gasteiger charge is 2.20. The summed E-state index contributed by atoms with van der Waals surface area (Å²) < 4.78 is 10.1. The van der Waals surface area contributed by atoms with Gasteiger partial charge in [0.15, 0.2) is 0 Å². The van der Waals surface area contributed by atoms with Crippen LogP contribution in [0.25, 0.3) is 0 Å². The van der Waals surface area contributed by atoms with Crippen molar-refractivity contribution in [3.63, 3.8) is 0 Å². The molecule has 0 radical (unpaired) electrons. The molecule has 0 aliphatic carbocycles. The number of aromatic nitrogens is 1. The van der Waals surface area contributed by atoms with Gasteiger partial charge in [-0.15, -0.1) is 0 Å². The molecule has 30 heavy (non-hydrogen) atoms. The number of anilines is 1. The lowest BCUT2D eigenvalue weighted by atomic mass is 10.1. The fourth-order valence-electron chi connectivity index (χ4n) is 2.49. The summed E-state index contributed by atoms with van der Waals surface area (Å²) in [7, 11) is 0.